The van der Waals surface area contributed by atoms with Crippen LogP contribution in [0.25, 0.3) is 0 Å². The number of amides is 2. The minimum Gasteiger partial charge on any atom is -0.478 e. The van der Waals surface area contributed by atoms with Crippen molar-refractivity contribution >= 4 is 29.7 Å². The summed E-state index contributed by atoms with van der Waals surface area (Å²) in [6, 6.07) is 1.66. The second-order valence-corrected chi connectivity index (χ2v) is 5.09. The summed E-state index contributed by atoms with van der Waals surface area (Å²) < 4.78 is 4.57. The molecule has 0 radical (unpaired) electrons. The topological polar surface area (TPSA) is 106 Å². The molecule has 0 saturated carbocycles. The molecule has 1 heterocycles. The molecular formula is C13H16N2O5S. The highest BCUT2D eigenvalue weighted by atomic mass is 32.2. The van der Waals surface area contributed by atoms with Gasteiger partial charge in [-0.25, -0.2) is 14.6 Å². The molecule has 7 nitrogen and oxygen atoms in total. The Morgan fingerprint density at radius 3 is 2.62 bits per heavy atom. The minimum atomic E-state index is -1.10. The number of carbonyl (C=O) groups is 3. The molecule has 2 amide bonds. The lowest BCUT2D eigenvalue weighted by Crippen LogP contribution is -2.32. The van der Waals surface area contributed by atoms with Crippen LogP contribution in [0.2, 0.25) is 0 Å². The summed E-state index contributed by atoms with van der Waals surface area (Å²) in [5.74, 6) is -1.81. The molecule has 0 aliphatic rings. The normalized spacial score (nSPS) is 10.0. The van der Waals surface area contributed by atoms with Crippen LogP contribution in [0.1, 0.15) is 28.5 Å². The smallest absolute Gasteiger partial charge is 0.413 e. The van der Waals surface area contributed by atoms with Gasteiger partial charge in [-0.1, -0.05) is 11.8 Å². The fourth-order valence-corrected chi connectivity index (χ4v) is 2.56. The van der Waals surface area contributed by atoms with E-state index in [0.29, 0.717) is 11.3 Å². The Labute approximate surface area is 126 Å². The number of ether oxygens (including phenoxy) is 1. The number of rotatable bonds is 5. The third-order valence-corrected chi connectivity index (χ3v) is 3.36. The quantitative estimate of drug-likeness (QED) is 0.798. The van der Waals surface area contributed by atoms with Gasteiger partial charge in [0.2, 0.25) is 5.91 Å². The fourth-order valence-electron chi connectivity index (χ4n) is 1.62. The Bertz CT molecular complexity index is 574. The molecule has 21 heavy (non-hydrogen) atoms. The Balaban J connectivity index is 2.77. The summed E-state index contributed by atoms with van der Waals surface area (Å²) in [5, 5.41) is 11.5. The van der Waals surface area contributed by atoms with Crippen LogP contribution in [0.15, 0.2) is 11.1 Å². The van der Waals surface area contributed by atoms with Gasteiger partial charge >= 0.3 is 12.1 Å². The van der Waals surface area contributed by atoms with Crippen molar-refractivity contribution in [1.29, 1.82) is 0 Å². The van der Waals surface area contributed by atoms with Crippen molar-refractivity contribution in [3.8, 4) is 0 Å². The third kappa shape index (κ3) is 5.07. The van der Waals surface area contributed by atoms with Gasteiger partial charge in [0.1, 0.15) is 5.03 Å². The zero-order chi connectivity index (χ0) is 16.0. The van der Waals surface area contributed by atoms with Crippen molar-refractivity contribution in [3.05, 3.63) is 22.9 Å². The maximum Gasteiger partial charge on any atom is 0.413 e. The molecule has 0 aliphatic heterocycles. The molecule has 0 saturated heterocycles. The van der Waals surface area contributed by atoms with Crippen LogP contribution in [0.5, 0.6) is 0 Å². The van der Waals surface area contributed by atoms with Gasteiger partial charge in [-0.05, 0) is 32.4 Å². The van der Waals surface area contributed by atoms with Crippen LogP contribution >= 0.6 is 11.8 Å². The molecule has 1 aromatic rings. The predicted molar refractivity (Wildman–Crippen MR) is 76.6 cm³/mol. The third-order valence-electron chi connectivity index (χ3n) is 2.38. The Hall–Kier alpha value is -2.09. The summed E-state index contributed by atoms with van der Waals surface area (Å²) in [4.78, 5) is 38.0. The Kier molecular flexibility index (Phi) is 6.16. The maximum atomic E-state index is 11.5. The first-order valence-electron chi connectivity index (χ1n) is 6.16. The number of nitrogens with zero attached hydrogens (tertiary/aromatic N) is 1. The number of hydrogen-bond acceptors (Lipinski definition) is 6. The molecule has 0 aliphatic carbocycles. The number of carbonyl (C=O) groups excluding carboxylic acids is 2. The summed E-state index contributed by atoms with van der Waals surface area (Å²) in [6.45, 7) is 5.19. The van der Waals surface area contributed by atoms with E-state index in [4.69, 9.17) is 0 Å². The van der Waals surface area contributed by atoms with E-state index in [2.05, 4.69) is 9.72 Å². The van der Waals surface area contributed by atoms with Crippen molar-refractivity contribution < 1.29 is 24.2 Å². The van der Waals surface area contributed by atoms with Crippen molar-refractivity contribution in [3.63, 3.8) is 0 Å². The van der Waals surface area contributed by atoms with E-state index in [1.165, 1.54) is 0 Å². The first-order chi connectivity index (χ1) is 9.85. The van der Waals surface area contributed by atoms with E-state index in [0.717, 1.165) is 11.8 Å². The molecule has 2 N–H and O–H groups in total. The second-order valence-electron chi connectivity index (χ2n) is 4.12. The number of aromatic nitrogens is 1. The van der Waals surface area contributed by atoms with Crippen LogP contribution in [-0.2, 0) is 9.53 Å². The molecule has 114 valence electrons. The van der Waals surface area contributed by atoms with Crippen LogP contribution in [-0.4, -0.2) is 40.4 Å². The zero-order valence-corrected chi connectivity index (χ0v) is 12.7. The van der Waals surface area contributed by atoms with Crippen molar-refractivity contribution in [2.75, 3.05) is 12.4 Å². The van der Waals surface area contributed by atoms with Crippen LogP contribution in [0, 0.1) is 13.8 Å². The summed E-state index contributed by atoms with van der Waals surface area (Å²) >= 11 is 0.960. The first-order valence-corrected chi connectivity index (χ1v) is 7.14. The highest BCUT2D eigenvalue weighted by Gasteiger charge is 2.18. The molecule has 8 heteroatoms. The van der Waals surface area contributed by atoms with Gasteiger partial charge in [-0.3, -0.25) is 10.1 Å². The van der Waals surface area contributed by atoms with Gasteiger partial charge in [0.25, 0.3) is 0 Å². The highest BCUT2D eigenvalue weighted by Crippen LogP contribution is 2.24. The number of hydrogen-bond donors (Lipinski definition) is 2. The summed E-state index contributed by atoms with van der Waals surface area (Å²) in [7, 11) is 0. The number of carboxylic acid groups (broad SMARTS) is 1. The van der Waals surface area contributed by atoms with Crippen molar-refractivity contribution in [2.24, 2.45) is 0 Å². The number of aromatic carboxylic acids is 1. The average molecular weight is 312 g/mol. The molecule has 0 fully saturated rings. The zero-order valence-electron chi connectivity index (χ0n) is 11.9. The van der Waals surface area contributed by atoms with Gasteiger partial charge < -0.3 is 9.84 Å². The average Bonchev–Trinajstić information content (AvgIpc) is 2.35. The Morgan fingerprint density at radius 1 is 1.38 bits per heavy atom. The molecule has 0 bridgehead atoms. The number of alkyl carbamates (subject to hydrolysis) is 1. The second kappa shape index (κ2) is 7.63. The number of thioether (sulfide) groups is 1. The minimum absolute atomic E-state index is 0.0644. The number of imide groups is 1. The van der Waals surface area contributed by atoms with Crippen LogP contribution in [0.3, 0.4) is 0 Å². The van der Waals surface area contributed by atoms with E-state index in [1.807, 2.05) is 5.32 Å². The van der Waals surface area contributed by atoms with E-state index < -0.39 is 18.0 Å². The SMILES string of the molecule is CCOC(=O)NC(=O)CSc1nc(C)cc(C)c1C(=O)O. The maximum absolute atomic E-state index is 11.5. The summed E-state index contributed by atoms with van der Waals surface area (Å²) in [6.07, 6.45) is -0.824. The monoisotopic (exact) mass is 312 g/mol. The van der Waals surface area contributed by atoms with Gasteiger partial charge in [0, 0.05) is 5.69 Å². The first kappa shape index (κ1) is 17.0. The molecule has 1 aromatic heterocycles. The molecule has 1 rings (SSSR count). The lowest BCUT2D eigenvalue weighted by atomic mass is 10.1. The molecule has 0 aromatic carbocycles. The molecule has 0 atom stereocenters. The van der Waals surface area contributed by atoms with Gasteiger partial charge in [-0.15, -0.1) is 0 Å². The van der Waals surface area contributed by atoms with Crippen LogP contribution in [0.4, 0.5) is 4.79 Å². The standard InChI is InChI=1S/C13H16N2O5S/c1-4-20-13(19)15-9(16)6-21-11-10(12(17)18)7(2)5-8(3)14-11/h5H,4,6H2,1-3H3,(H,17,18)(H,15,16,19). The van der Waals surface area contributed by atoms with Gasteiger partial charge in [0.15, 0.2) is 0 Å². The van der Waals surface area contributed by atoms with Gasteiger partial charge in [-0.2, -0.15) is 0 Å². The van der Waals surface area contributed by atoms with Crippen molar-refractivity contribution in [1.82, 2.24) is 10.3 Å². The lowest BCUT2D eigenvalue weighted by molar-refractivity contribution is -0.117. The van der Waals surface area contributed by atoms with Crippen LogP contribution < -0.4 is 5.32 Å². The highest BCUT2D eigenvalue weighted by molar-refractivity contribution is 8.00. The Morgan fingerprint density at radius 2 is 2.05 bits per heavy atom. The summed E-state index contributed by atoms with van der Waals surface area (Å²) in [5.41, 5.74) is 1.30. The van der Waals surface area contributed by atoms with E-state index in [1.54, 1.807) is 26.8 Å². The predicted octanol–water partition coefficient (Wildman–Crippen LogP) is 1.76. The molecular weight excluding hydrogens is 296 g/mol. The van der Waals surface area contributed by atoms with E-state index >= 15 is 0 Å². The van der Waals surface area contributed by atoms with E-state index in [-0.39, 0.29) is 22.9 Å². The molecule has 0 spiro atoms. The van der Waals surface area contributed by atoms with E-state index in [9.17, 15) is 19.5 Å². The number of pyridine rings is 1. The van der Waals surface area contributed by atoms with Gasteiger partial charge in [0.05, 0.1) is 17.9 Å². The number of carboxylic acids is 1. The number of aryl methyl sites for hydroxylation is 2. The largest absolute Gasteiger partial charge is 0.478 e. The fraction of sp³-hybridized carbons (Fsp3) is 0.385. The lowest BCUT2D eigenvalue weighted by Gasteiger charge is -2.09. The number of nitrogens with one attached hydrogen (secondary N) is 1. The van der Waals surface area contributed by atoms with Crippen molar-refractivity contribution in [2.45, 2.75) is 25.8 Å². The molecule has 0 unspecified atom stereocenters.